The number of carbonyl (C=O) groups is 2. The minimum absolute atomic E-state index is 0.137. The van der Waals surface area contributed by atoms with Gasteiger partial charge in [0.25, 0.3) is 5.91 Å². The van der Waals surface area contributed by atoms with Gasteiger partial charge in [0.2, 0.25) is 0 Å². The van der Waals surface area contributed by atoms with Gasteiger partial charge < -0.3 is 9.47 Å². The Morgan fingerprint density at radius 3 is 2.52 bits per heavy atom. The van der Waals surface area contributed by atoms with E-state index in [2.05, 4.69) is 22.6 Å². The average Bonchev–Trinajstić information content (AvgIpc) is 3.08. The number of thioether (sulfide) groups is 1. The molecule has 1 fully saturated rings. The Morgan fingerprint density at radius 2 is 1.79 bits per heavy atom. The Kier molecular flexibility index (Phi) is 7.46. The number of carbonyl (C=O) groups excluding carboxylic acids is 2. The fraction of sp³-hybridized carbons (Fsp3) is 0.0800. The molecule has 0 bridgehead atoms. The van der Waals surface area contributed by atoms with Crippen molar-refractivity contribution in [3.8, 4) is 11.5 Å². The summed E-state index contributed by atoms with van der Waals surface area (Å²) < 4.78 is 12.3. The Bertz CT molecular complexity index is 1260. The van der Waals surface area contributed by atoms with E-state index >= 15 is 0 Å². The van der Waals surface area contributed by atoms with Crippen LogP contribution in [0.4, 0.5) is 0 Å². The van der Waals surface area contributed by atoms with Gasteiger partial charge in [0, 0.05) is 3.57 Å². The zero-order valence-electron chi connectivity index (χ0n) is 17.5. The van der Waals surface area contributed by atoms with Crippen LogP contribution in [0.3, 0.4) is 0 Å². The molecular formula is C25H18INO4S2. The van der Waals surface area contributed by atoms with Gasteiger partial charge in [-0.15, -0.1) is 0 Å². The van der Waals surface area contributed by atoms with Crippen LogP contribution in [0.25, 0.3) is 6.08 Å². The predicted molar refractivity (Wildman–Crippen MR) is 142 cm³/mol. The number of amides is 1. The number of halogens is 1. The molecule has 1 saturated heterocycles. The molecular weight excluding hydrogens is 569 g/mol. The van der Waals surface area contributed by atoms with Gasteiger partial charge in [-0.1, -0.05) is 72.5 Å². The summed E-state index contributed by atoms with van der Waals surface area (Å²) in [7, 11) is 1.50. The van der Waals surface area contributed by atoms with E-state index in [-0.39, 0.29) is 5.91 Å². The van der Waals surface area contributed by atoms with Crippen LogP contribution in [-0.4, -0.2) is 28.2 Å². The van der Waals surface area contributed by atoms with Gasteiger partial charge in [-0.3, -0.25) is 9.69 Å². The lowest BCUT2D eigenvalue weighted by atomic mass is 10.1. The van der Waals surface area contributed by atoms with E-state index in [9.17, 15) is 9.59 Å². The van der Waals surface area contributed by atoms with Crippen LogP contribution in [0.15, 0.2) is 77.7 Å². The first-order valence-electron chi connectivity index (χ1n) is 9.90. The third-order valence-electron chi connectivity index (χ3n) is 4.84. The molecule has 0 N–H and O–H groups in total. The molecule has 3 aromatic rings. The van der Waals surface area contributed by atoms with Crippen molar-refractivity contribution in [1.82, 2.24) is 4.90 Å². The van der Waals surface area contributed by atoms with E-state index in [1.54, 1.807) is 41.3 Å². The van der Waals surface area contributed by atoms with Crippen LogP contribution in [-0.2, 0) is 11.3 Å². The third-order valence-corrected chi connectivity index (χ3v) is 7.16. The van der Waals surface area contributed by atoms with Crippen LogP contribution < -0.4 is 9.47 Å². The molecule has 1 amide bonds. The molecule has 0 unspecified atom stereocenters. The fourth-order valence-electron chi connectivity index (χ4n) is 3.19. The number of rotatable bonds is 6. The second kappa shape index (κ2) is 10.5. The lowest BCUT2D eigenvalue weighted by Crippen LogP contribution is -2.27. The second-order valence-corrected chi connectivity index (χ2v) is 9.87. The lowest BCUT2D eigenvalue weighted by Gasteiger charge is -2.14. The van der Waals surface area contributed by atoms with Crippen molar-refractivity contribution in [2.45, 2.75) is 6.54 Å². The summed E-state index contributed by atoms with van der Waals surface area (Å²) in [6.07, 6.45) is 1.76. The maximum atomic E-state index is 12.9. The van der Waals surface area contributed by atoms with E-state index in [0.29, 0.717) is 32.8 Å². The van der Waals surface area contributed by atoms with Crippen LogP contribution in [0.5, 0.6) is 11.5 Å². The molecule has 0 atom stereocenters. The van der Waals surface area contributed by atoms with Gasteiger partial charge in [0.05, 0.1) is 24.1 Å². The number of nitrogens with zero attached hydrogens (tertiary/aromatic N) is 1. The normalized spacial score (nSPS) is 14.6. The maximum Gasteiger partial charge on any atom is 0.344 e. The monoisotopic (exact) mass is 587 g/mol. The van der Waals surface area contributed by atoms with Crippen LogP contribution in [0.1, 0.15) is 21.5 Å². The van der Waals surface area contributed by atoms with Gasteiger partial charge in [-0.2, -0.15) is 0 Å². The van der Waals surface area contributed by atoms with Crippen molar-refractivity contribution in [2.24, 2.45) is 0 Å². The maximum absolute atomic E-state index is 12.9. The molecule has 0 aromatic heterocycles. The van der Waals surface area contributed by atoms with Crippen molar-refractivity contribution in [1.29, 1.82) is 0 Å². The molecule has 0 saturated carbocycles. The zero-order valence-corrected chi connectivity index (χ0v) is 21.3. The first kappa shape index (κ1) is 23.5. The van der Waals surface area contributed by atoms with Gasteiger partial charge >= 0.3 is 5.97 Å². The van der Waals surface area contributed by atoms with Gasteiger partial charge in [0.1, 0.15) is 4.32 Å². The number of thiocarbonyl (C=S) groups is 1. The van der Waals surface area contributed by atoms with Gasteiger partial charge in [-0.25, -0.2) is 4.79 Å². The van der Waals surface area contributed by atoms with E-state index < -0.39 is 5.97 Å². The zero-order chi connectivity index (χ0) is 23.4. The molecule has 166 valence electrons. The van der Waals surface area contributed by atoms with E-state index in [1.807, 2.05) is 42.5 Å². The number of hydrogen-bond donors (Lipinski definition) is 0. The van der Waals surface area contributed by atoms with E-state index in [4.69, 9.17) is 21.7 Å². The first-order chi connectivity index (χ1) is 16.0. The van der Waals surface area contributed by atoms with Crippen LogP contribution in [0.2, 0.25) is 0 Å². The van der Waals surface area contributed by atoms with Gasteiger partial charge in [-0.05, 0) is 64.1 Å². The predicted octanol–water partition coefficient (Wildman–Crippen LogP) is 5.92. The summed E-state index contributed by atoms with van der Waals surface area (Å²) in [6.45, 7) is 0.430. The molecule has 1 heterocycles. The molecule has 8 heteroatoms. The summed E-state index contributed by atoms with van der Waals surface area (Å²) in [5.41, 5.74) is 2.23. The van der Waals surface area contributed by atoms with Crippen molar-refractivity contribution < 1.29 is 19.1 Å². The third kappa shape index (κ3) is 5.45. The fourth-order valence-corrected chi connectivity index (χ4v) is 5.06. The summed E-state index contributed by atoms with van der Waals surface area (Å²) in [6, 6.07) is 22.1. The summed E-state index contributed by atoms with van der Waals surface area (Å²) >= 11 is 8.79. The Hall–Kier alpha value is -2.69. The Balaban J connectivity index is 1.53. The topological polar surface area (TPSA) is 55.8 Å². The SMILES string of the molecule is COc1cc(/C=C2\SC(=S)N(Cc3ccccc3)C2=O)ccc1OC(=O)c1ccccc1I. The summed E-state index contributed by atoms with van der Waals surface area (Å²) in [4.78, 5) is 27.6. The number of hydrogen-bond acceptors (Lipinski definition) is 6. The van der Waals surface area contributed by atoms with Crippen molar-refractivity contribution in [2.75, 3.05) is 7.11 Å². The first-order valence-corrected chi connectivity index (χ1v) is 12.2. The number of esters is 1. The highest BCUT2D eigenvalue weighted by Crippen LogP contribution is 2.35. The lowest BCUT2D eigenvalue weighted by molar-refractivity contribution is -0.122. The van der Waals surface area contributed by atoms with Crippen LogP contribution >= 0.6 is 46.6 Å². The molecule has 3 aromatic carbocycles. The number of benzene rings is 3. The smallest absolute Gasteiger partial charge is 0.344 e. The molecule has 1 aliphatic heterocycles. The standard InChI is InChI=1S/C25H18INO4S2/c1-30-21-13-17(11-12-20(21)31-24(29)18-9-5-6-10-19(18)26)14-22-23(28)27(25(32)33-22)15-16-7-3-2-4-8-16/h2-14H,15H2,1H3/b22-14-. The second-order valence-electron chi connectivity index (χ2n) is 7.03. The Labute approximate surface area is 214 Å². The highest BCUT2D eigenvalue weighted by Gasteiger charge is 2.32. The minimum Gasteiger partial charge on any atom is -0.493 e. The van der Waals surface area contributed by atoms with Crippen molar-refractivity contribution in [3.05, 3.63) is 98.0 Å². The molecule has 0 aliphatic carbocycles. The van der Waals surface area contributed by atoms with E-state index in [0.717, 1.165) is 14.7 Å². The number of methoxy groups -OCH3 is 1. The summed E-state index contributed by atoms with van der Waals surface area (Å²) in [5, 5.41) is 0. The van der Waals surface area contributed by atoms with Crippen molar-refractivity contribution >= 4 is 68.8 Å². The highest BCUT2D eigenvalue weighted by atomic mass is 127. The quantitative estimate of drug-likeness (QED) is 0.117. The van der Waals surface area contributed by atoms with Crippen molar-refractivity contribution in [3.63, 3.8) is 0 Å². The summed E-state index contributed by atoms with van der Waals surface area (Å²) in [5.74, 6) is 0.0912. The largest absolute Gasteiger partial charge is 0.493 e. The molecule has 1 aliphatic rings. The van der Waals surface area contributed by atoms with Crippen LogP contribution in [0, 0.1) is 3.57 Å². The molecule has 5 nitrogen and oxygen atoms in total. The number of ether oxygens (including phenoxy) is 2. The molecule has 33 heavy (non-hydrogen) atoms. The molecule has 4 rings (SSSR count). The highest BCUT2D eigenvalue weighted by molar-refractivity contribution is 14.1. The van der Waals surface area contributed by atoms with E-state index in [1.165, 1.54) is 18.9 Å². The molecule has 0 radical (unpaired) electrons. The Morgan fingerprint density at radius 1 is 1.06 bits per heavy atom. The van der Waals surface area contributed by atoms with Gasteiger partial charge in [0.15, 0.2) is 11.5 Å². The minimum atomic E-state index is -0.465. The molecule has 0 spiro atoms. The average molecular weight is 587 g/mol.